The lowest BCUT2D eigenvalue weighted by Crippen LogP contribution is -2.34. The summed E-state index contributed by atoms with van der Waals surface area (Å²) in [4.78, 5) is 32.4. The van der Waals surface area contributed by atoms with Gasteiger partial charge in [0.1, 0.15) is 0 Å². The van der Waals surface area contributed by atoms with Gasteiger partial charge in [0.05, 0.1) is 10.3 Å². The van der Waals surface area contributed by atoms with Crippen molar-refractivity contribution in [3.8, 4) is 0 Å². The Bertz CT molecular complexity index is 1220. The number of carboxylic acid groups (broad SMARTS) is 1. The highest BCUT2D eigenvalue weighted by atomic mass is 32.2. The van der Waals surface area contributed by atoms with Crippen LogP contribution in [0.15, 0.2) is 66.1 Å². The molecule has 0 aromatic heterocycles. The van der Waals surface area contributed by atoms with Gasteiger partial charge in [-0.3, -0.25) is 14.3 Å². The minimum atomic E-state index is -5.08. The maximum atomic E-state index is 12.6. The molecule has 0 saturated heterocycles. The Morgan fingerprint density at radius 3 is 1.94 bits per heavy atom. The summed E-state index contributed by atoms with van der Waals surface area (Å²) < 4.78 is 59.4. The molecule has 13 heteroatoms. The van der Waals surface area contributed by atoms with E-state index < -0.39 is 27.6 Å². The van der Waals surface area contributed by atoms with E-state index in [0.717, 1.165) is 18.4 Å². The lowest BCUT2D eigenvalue weighted by Gasteiger charge is -2.16. The van der Waals surface area contributed by atoms with Gasteiger partial charge in [0, 0.05) is 24.8 Å². The van der Waals surface area contributed by atoms with Crippen molar-refractivity contribution in [2.24, 2.45) is 0 Å². The molecule has 3 rings (SSSR count). The predicted octanol–water partition coefficient (Wildman–Crippen LogP) is 3.41. The molecule has 1 saturated carbocycles. The molecule has 0 radical (unpaired) electrons. The highest BCUT2D eigenvalue weighted by Gasteiger charge is 2.50. The summed E-state index contributed by atoms with van der Waals surface area (Å²) in [5.41, 5.74) is 1.26. The SMILES string of the molecule is C=CCNC(=O)C1(c2ccc(NS(=O)(=O)c3ccc(NC(C)=O)cc3)cc2)CC1.O=C(O)C(F)(F)F. The van der Waals surface area contributed by atoms with E-state index in [1.165, 1.54) is 31.2 Å². The van der Waals surface area contributed by atoms with Gasteiger partial charge < -0.3 is 15.7 Å². The number of amides is 2. The molecule has 1 fully saturated rings. The zero-order valence-electron chi connectivity index (χ0n) is 19.1. The van der Waals surface area contributed by atoms with E-state index in [2.05, 4.69) is 21.9 Å². The van der Waals surface area contributed by atoms with Crippen molar-refractivity contribution in [3.63, 3.8) is 0 Å². The zero-order valence-corrected chi connectivity index (χ0v) is 19.9. The van der Waals surface area contributed by atoms with Crippen LogP contribution in [0.1, 0.15) is 25.3 Å². The summed E-state index contributed by atoms with van der Waals surface area (Å²) >= 11 is 0. The second-order valence-electron chi connectivity index (χ2n) is 7.77. The van der Waals surface area contributed by atoms with Crippen LogP contribution >= 0.6 is 0 Å². The average molecular weight is 528 g/mol. The number of carboxylic acids is 1. The topological polar surface area (TPSA) is 142 Å². The van der Waals surface area contributed by atoms with Crippen molar-refractivity contribution in [2.45, 2.75) is 36.3 Å². The van der Waals surface area contributed by atoms with Gasteiger partial charge in [0.25, 0.3) is 10.0 Å². The molecule has 1 aliphatic rings. The van der Waals surface area contributed by atoms with Crippen LogP contribution in [-0.4, -0.2) is 44.0 Å². The number of carbonyl (C=O) groups excluding carboxylic acids is 2. The molecule has 0 bridgehead atoms. The Labute approximate surface area is 205 Å². The molecule has 0 aliphatic heterocycles. The molecular formula is C23H24F3N3O6S. The van der Waals surface area contributed by atoms with Crippen LogP contribution < -0.4 is 15.4 Å². The summed E-state index contributed by atoms with van der Waals surface area (Å²) in [5.74, 6) is -3.03. The summed E-state index contributed by atoms with van der Waals surface area (Å²) in [7, 11) is -3.77. The highest BCUT2D eigenvalue weighted by Crippen LogP contribution is 2.48. The van der Waals surface area contributed by atoms with Crippen molar-refractivity contribution < 1.29 is 41.1 Å². The van der Waals surface area contributed by atoms with E-state index in [1.54, 1.807) is 30.3 Å². The number of sulfonamides is 1. The lowest BCUT2D eigenvalue weighted by molar-refractivity contribution is -0.192. The first kappa shape index (κ1) is 28.4. The second kappa shape index (κ2) is 11.2. The predicted molar refractivity (Wildman–Crippen MR) is 126 cm³/mol. The van der Waals surface area contributed by atoms with Gasteiger partial charge in [-0.15, -0.1) is 6.58 Å². The maximum absolute atomic E-state index is 12.6. The molecule has 2 amide bonds. The third-order valence-electron chi connectivity index (χ3n) is 5.01. The van der Waals surface area contributed by atoms with Gasteiger partial charge in [-0.2, -0.15) is 13.2 Å². The number of aliphatic carboxylic acids is 1. The van der Waals surface area contributed by atoms with Gasteiger partial charge in [-0.25, -0.2) is 13.2 Å². The van der Waals surface area contributed by atoms with Gasteiger partial charge in [-0.1, -0.05) is 18.2 Å². The summed E-state index contributed by atoms with van der Waals surface area (Å²) in [5, 5.41) is 12.5. The molecule has 0 heterocycles. The number of hydrogen-bond acceptors (Lipinski definition) is 5. The first-order valence-corrected chi connectivity index (χ1v) is 11.9. The summed E-state index contributed by atoms with van der Waals surface area (Å²) in [6.07, 6.45) is -1.92. The van der Waals surface area contributed by atoms with E-state index in [4.69, 9.17) is 9.90 Å². The Morgan fingerprint density at radius 2 is 1.53 bits per heavy atom. The normalized spacial score (nSPS) is 13.9. The largest absolute Gasteiger partial charge is 0.490 e. The van der Waals surface area contributed by atoms with Crippen LogP contribution in [0.5, 0.6) is 0 Å². The molecule has 0 atom stereocenters. The van der Waals surface area contributed by atoms with Crippen molar-refractivity contribution in [2.75, 3.05) is 16.6 Å². The van der Waals surface area contributed by atoms with Crippen LogP contribution in [0.3, 0.4) is 0 Å². The van der Waals surface area contributed by atoms with E-state index in [-0.39, 0.29) is 16.7 Å². The fourth-order valence-electron chi connectivity index (χ4n) is 3.10. The molecule has 0 spiro atoms. The third-order valence-corrected chi connectivity index (χ3v) is 6.41. The quantitative estimate of drug-likeness (QED) is 0.388. The highest BCUT2D eigenvalue weighted by molar-refractivity contribution is 7.92. The summed E-state index contributed by atoms with van der Waals surface area (Å²) in [6, 6.07) is 12.8. The minimum absolute atomic E-state index is 0.0370. The number of nitrogens with one attached hydrogen (secondary N) is 3. The molecular weight excluding hydrogens is 503 g/mol. The van der Waals surface area contributed by atoms with Crippen LogP contribution in [0.25, 0.3) is 0 Å². The number of anilines is 2. The number of carbonyl (C=O) groups is 3. The molecule has 0 unspecified atom stereocenters. The number of rotatable bonds is 8. The fourth-order valence-corrected chi connectivity index (χ4v) is 4.16. The average Bonchev–Trinajstić information content (AvgIpc) is 3.59. The molecule has 4 N–H and O–H groups in total. The van der Waals surface area contributed by atoms with Gasteiger partial charge in [0.2, 0.25) is 11.8 Å². The number of halogens is 3. The minimum Gasteiger partial charge on any atom is -0.475 e. The molecule has 9 nitrogen and oxygen atoms in total. The number of benzene rings is 2. The standard InChI is InChI=1S/C21H23N3O4S.C2HF3O2/c1-3-14-22-20(26)21(12-13-21)16-4-6-18(7-5-16)24-29(27,28)19-10-8-17(9-11-19)23-15(2)25;3-2(4,5)1(6)7/h3-11,24H,1,12-14H2,2H3,(H,22,26)(H,23,25);(H,6,7). The Morgan fingerprint density at radius 1 is 1.03 bits per heavy atom. The molecule has 194 valence electrons. The fraction of sp³-hybridized carbons (Fsp3) is 0.261. The lowest BCUT2D eigenvalue weighted by atomic mass is 9.95. The summed E-state index contributed by atoms with van der Waals surface area (Å²) in [6.45, 7) is 5.39. The van der Waals surface area contributed by atoms with Crippen LogP contribution in [0.2, 0.25) is 0 Å². The second-order valence-corrected chi connectivity index (χ2v) is 9.45. The molecule has 36 heavy (non-hydrogen) atoms. The Hall–Kier alpha value is -3.87. The number of hydrogen-bond donors (Lipinski definition) is 4. The van der Waals surface area contributed by atoms with Crippen LogP contribution in [0.4, 0.5) is 24.5 Å². The van der Waals surface area contributed by atoms with Crippen molar-refractivity contribution in [1.82, 2.24) is 5.32 Å². The van der Waals surface area contributed by atoms with Crippen LogP contribution in [-0.2, 0) is 29.8 Å². The Kier molecular flexibility index (Phi) is 8.86. The van der Waals surface area contributed by atoms with E-state index in [0.29, 0.717) is 17.9 Å². The maximum Gasteiger partial charge on any atom is 0.490 e. The monoisotopic (exact) mass is 527 g/mol. The number of alkyl halides is 3. The van der Waals surface area contributed by atoms with E-state index >= 15 is 0 Å². The Balaban J connectivity index is 0.000000572. The molecule has 2 aromatic carbocycles. The van der Waals surface area contributed by atoms with Crippen molar-refractivity contribution >= 4 is 39.2 Å². The van der Waals surface area contributed by atoms with Gasteiger partial charge in [-0.05, 0) is 54.8 Å². The van der Waals surface area contributed by atoms with Crippen molar-refractivity contribution in [1.29, 1.82) is 0 Å². The molecule has 1 aliphatic carbocycles. The van der Waals surface area contributed by atoms with Crippen molar-refractivity contribution in [3.05, 3.63) is 66.7 Å². The van der Waals surface area contributed by atoms with E-state index in [9.17, 15) is 31.2 Å². The van der Waals surface area contributed by atoms with Gasteiger partial charge >= 0.3 is 12.1 Å². The first-order chi connectivity index (χ1) is 16.7. The molecule has 2 aromatic rings. The third kappa shape index (κ3) is 7.57. The van der Waals surface area contributed by atoms with Gasteiger partial charge in [0.15, 0.2) is 0 Å². The zero-order chi connectivity index (χ0) is 27.1. The first-order valence-electron chi connectivity index (χ1n) is 10.4. The smallest absolute Gasteiger partial charge is 0.475 e. The van der Waals surface area contributed by atoms with Crippen LogP contribution in [0, 0.1) is 0 Å². The van der Waals surface area contributed by atoms with E-state index in [1.807, 2.05) is 0 Å².